The van der Waals surface area contributed by atoms with Crippen LogP contribution in [0.1, 0.15) is 38.8 Å². The van der Waals surface area contributed by atoms with Gasteiger partial charge in [-0.1, -0.05) is 84.9 Å². The Bertz CT molecular complexity index is 1020. The largest absolute Gasteiger partial charge is 0.225 e. The van der Waals surface area contributed by atoms with Crippen LogP contribution in [0.2, 0.25) is 0 Å². The van der Waals surface area contributed by atoms with Crippen LogP contribution in [-0.4, -0.2) is 0 Å². The van der Waals surface area contributed by atoms with E-state index >= 15 is 0 Å². The zero-order valence-corrected chi connectivity index (χ0v) is 16.9. The zero-order chi connectivity index (χ0) is 19.8. The normalized spacial score (nSPS) is 12.6. The monoisotopic (exact) mass is 370 g/mol. The minimum absolute atomic E-state index is 0.595. The number of hydrogen-bond donors (Lipinski definition) is 0. The molecule has 4 rings (SSSR count). The van der Waals surface area contributed by atoms with E-state index in [0.717, 1.165) is 11.1 Å². The highest BCUT2D eigenvalue weighted by Gasteiger charge is 2.31. The van der Waals surface area contributed by atoms with Crippen molar-refractivity contribution in [1.29, 1.82) is 0 Å². The Morgan fingerprint density at radius 1 is 0.464 bits per heavy atom. The van der Waals surface area contributed by atoms with Crippen LogP contribution < -0.4 is 0 Å². The van der Waals surface area contributed by atoms with E-state index in [0.29, 0.717) is 0 Å². The van der Waals surface area contributed by atoms with Crippen LogP contribution in [0.5, 0.6) is 0 Å². The van der Waals surface area contributed by atoms with Gasteiger partial charge in [0.15, 0.2) is 0 Å². The van der Waals surface area contributed by atoms with Crippen LogP contribution in [0.4, 0.5) is 0 Å². The van der Waals surface area contributed by atoms with Gasteiger partial charge in [-0.05, 0) is 60.4 Å². The minimum atomic E-state index is -0.595. The maximum absolute atomic E-state index is 6.09. The first-order valence-electron chi connectivity index (χ1n) is 9.72. The molecule has 0 unspecified atom stereocenters. The molecule has 0 spiro atoms. The van der Waals surface area contributed by atoms with Gasteiger partial charge >= 0.3 is 0 Å². The molecular weight excluding hydrogens is 344 g/mol. The van der Waals surface area contributed by atoms with Gasteiger partial charge in [-0.15, -0.1) is 0 Å². The Balaban J connectivity index is 1.65. The SMILES string of the molecule is CC(C)(OOC(C)(C)c1cccc2ccccc12)c1cccc2ccccc12. The molecule has 0 aliphatic heterocycles. The Morgan fingerprint density at radius 3 is 1.25 bits per heavy atom. The maximum Gasteiger partial charge on any atom is 0.123 e. The fraction of sp³-hybridized carbons (Fsp3) is 0.231. The van der Waals surface area contributed by atoms with E-state index < -0.39 is 11.2 Å². The summed E-state index contributed by atoms with van der Waals surface area (Å²) in [5, 5.41) is 4.76. The molecule has 0 heterocycles. The summed E-state index contributed by atoms with van der Waals surface area (Å²) >= 11 is 0. The van der Waals surface area contributed by atoms with Crippen molar-refractivity contribution < 1.29 is 9.78 Å². The molecule has 0 fully saturated rings. The molecule has 28 heavy (non-hydrogen) atoms. The summed E-state index contributed by atoms with van der Waals surface area (Å²) in [4.78, 5) is 12.2. The van der Waals surface area contributed by atoms with Gasteiger partial charge in [0.05, 0.1) is 0 Å². The van der Waals surface area contributed by atoms with E-state index in [2.05, 4.69) is 84.9 Å². The summed E-state index contributed by atoms with van der Waals surface area (Å²) in [6, 6.07) is 29.3. The molecule has 2 heteroatoms. The van der Waals surface area contributed by atoms with E-state index in [4.69, 9.17) is 9.78 Å². The molecular formula is C26H26O2. The fourth-order valence-corrected chi connectivity index (χ4v) is 3.80. The van der Waals surface area contributed by atoms with E-state index in [9.17, 15) is 0 Å². The van der Waals surface area contributed by atoms with Crippen LogP contribution in [-0.2, 0) is 21.0 Å². The van der Waals surface area contributed by atoms with Crippen LogP contribution in [0, 0.1) is 0 Å². The summed E-state index contributed by atoms with van der Waals surface area (Å²) < 4.78 is 0. The molecule has 0 N–H and O–H groups in total. The summed E-state index contributed by atoms with van der Waals surface area (Å²) in [7, 11) is 0. The molecule has 0 radical (unpaired) electrons. The van der Waals surface area contributed by atoms with Gasteiger partial charge in [0.25, 0.3) is 0 Å². The number of benzene rings is 4. The molecule has 0 amide bonds. The Hall–Kier alpha value is -2.68. The van der Waals surface area contributed by atoms with Crippen molar-refractivity contribution >= 4 is 21.5 Å². The molecule has 0 atom stereocenters. The van der Waals surface area contributed by atoms with Gasteiger partial charge in [0.2, 0.25) is 0 Å². The average Bonchev–Trinajstić information content (AvgIpc) is 2.71. The van der Waals surface area contributed by atoms with Crippen LogP contribution in [0.25, 0.3) is 21.5 Å². The third-order valence-corrected chi connectivity index (χ3v) is 5.33. The number of rotatable bonds is 5. The Kier molecular flexibility index (Phi) is 4.70. The summed E-state index contributed by atoms with van der Waals surface area (Å²) in [5.74, 6) is 0. The molecule has 0 saturated carbocycles. The molecule has 0 aromatic heterocycles. The van der Waals surface area contributed by atoms with Gasteiger partial charge in [-0.3, -0.25) is 0 Å². The average molecular weight is 370 g/mol. The van der Waals surface area contributed by atoms with E-state index in [1.807, 2.05) is 27.7 Å². The van der Waals surface area contributed by atoms with Gasteiger partial charge < -0.3 is 0 Å². The van der Waals surface area contributed by atoms with Crippen molar-refractivity contribution in [3.05, 3.63) is 96.1 Å². The smallest absolute Gasteiger partial charge is 0.123 e. The fourth-order valence-electron chi connectivity index (χ4n) is 3.80. The molecule has 0 aliphatic carbocycles. The lowest BCUT2D eigenvalue weighted by molar-refractivity contribution is -0.409. The van der Waals surface area contributed by atoms with Crippen molar-refractivity contribution in [2.24, 2.45) is 0 Å². The van der Waals surface area contributed by atoms with Crippen molar-refractivity contribution in [2.75, 3.05) is 0 Å². The molecule has 2 nitrogen and oxygen atoms in total. The first-order chi connectivity index (χ1) is 13.4. The van der Waals surface area contributed by atoms with Gasteiger partial charge in [0, 0.05) is 0 Å². The second-order valence-corrected chi connectivity index (χ2v) is 8.24. The van der Waals surface area contributed by atoms with Crippen molar-refractivity contribution in [2.45, 2.75) is 38.9 Å². The first-order valence-corrected chi connectivity index (χ1v) is 9.72. The third-order valence-electron chi connectivity index (χ3n) is 5.33. The predicted molar refractivity (Wildman–Crippen MR) is 116 cm³/mol. The quantitative estimate of drug-likeness (QED) is 0.275. The highest BCUT2D eigenvalue weighted by Crippen LogP contribution is 2.36. The van der Waals surface area contributed by atoms with Crippen molar-refractivity contribution in [3.8, 4) is 0 Å². The topological polar surface area (TPSA) is 18.5 Å². The molecule has 0 bridgehead atoms. The van der Waals surface area contributed by atoms with Crippen LogP contribution >= 0.6 is 0 Å². The second-order valence-electron chi connectivity index (χ2n) is 8.24. The van der Waals surface area contributed by atoms with Crippen LogP contribution in [0.15, 0.2) is 84.9 Å². The predicted octanol–water partition coefficient (Wildman–Crippen LogP) is 7.11. The Morgan fingerprint density at radius 2 is 0.821 bits per heavy atom. The third kappa shape index (κ3) is 3.42. The van der Waals surface area contributed by atoms with Crippen LogP contribution in [0.3, 0.4) is 0 Å². The number of fused-ring (bicyclic) bond motifs is 2. The van der Waals surface area contributed by atoms with Gasteiger partial charge in [-0.2, -0.15) is 0 Å². The van der Waals surface area contributed by atoms with E-state index in [-0.39, 0.29) is 0 Å². The molecule has 4 aromatic carbocycles. The standard InChI is InChI=1S/C26H26O2/c1-25(2,23-17-9-13-19-11-5-7-15-21(19)23)27-28-26(3,4)24-18-10-14-20-12-6-8-16-22(20)24/h5-18H,1-4H3. The summed E-state index contributed by atoms with van der Waals surface area (Å²) in [6.07, 6.45) is 0. The highest BCUT2D eigenvalue weighted by atomic mass is 17.2. The molecule has 142 valence electrons. The molecule has 0 saturated heterocycles. The molecule has 0 aliphatic rings. The molecule has 4 aromatic rings. The summed E-state index contributed by atoms with van der Waals surface area (Å²) in [6.45, 7) is 8.20. The zero-order valence-electron chi connectivity index (χ0n) is 16.9. The lowest BCUT2D eigenvalue weighted by Gasteiger charge is -2.32. The van der Waals surface area contributed by atoms with Crippen molar-refractivity contribution in [3.63, 3.8) is 0 Å². The van der Waals surface area contributed by atoms with Crippen molar-refractivity contribution in [1.82, 2.24) is 0 Å². The Labute approximate surface area is 166 Å². The lowest BCUT2D eigenvalue weighted by Crippen LogP contribution is -2.30. The second kappa shape index (κ2) is 7.05. The lowest BCUT2D eigenvalue weighted by atomic mass is 9.92. The number of hydrogen-bond acceptors (Lipinski definition) is 2. The van der Waals surface area contributed by atoms with E-state index in [1.165, 1.54) is 21.5 Å². The van der Waals surface area contributed by atoms with Gasteiger partial charge in [-0.25, -0.2) is 9.78 Å². The highest BCUT2D eigenvalue weighted by molar-refractivity contribution is 5.87. The van der Waals surface area contributed by atoms with E-state index in [1.54, 1.807) is 0 Å². The maximum atomic E-state index is 6.09. The first kappa shape index (κ1) is 18.7. The van der Waals surface area contributed by atoms with Gasteiger partial charge in [0.1, 0.15) is 11.2 Å². The minimum Gasteiger partial charge on any atom is -0.225 e. The summed E-state index contributed by atoms with van der Waals surface area (Å²) in [5.41, 5.74) is 1.03.